The number of benzene rings is 2. The van der Waals surface area contributed by atoms with Gasteiger partial charge in [-0.2, -0.15) is 5.10 Å². The zero-order valence-corrected chi connectivity index (χ0v) is 14.5. The molecular formula is C18H19ClN2OS. The van der Waals surface area contributed by atoms with E-state index in [9.17, 15) is 4.79 Å². The minimum Gasteiger partial charge on any atom is -0.273 e. The van der Waals surface area contributed by atoms with Gasteiger partial charge in [0.1, 0.15) is 0 Å². The molecule has 2 aromatic carbocycles. The minimum absolute atomic E-state index is 0.0705. The molecule has 3 nitrogen and oxygen atoms in total. The third kappa shape index (κ3) is 6.89. The lowest BCUT2D eigenvalue weighted by molar-refractivity contribution is -0.120. The standard InChI is InChI=1S/C18H19ClN2OS/c1-14(13-15-5-3-2-4-6-15)20-21-18(22)11-12-23-17-9-7-16(19)8-10-17/h2-10H,11-13H2,1H3,(H,21,22)/b20-14-. The van der Waals surface area contributed by atoms with E-state index in [2.05, 4.69) is 10.5 Å². The molecule has 0 atom stereocenters. The van der Waals surface area contributed by atoms with Gasteiger partial charge in [-0.15, -0.1) is 11.8 Å². The first-order chi connectivity index (χ1) is 11.1. The minimum atomic E-state index is -0.0705. The molecule has 1 amide bonds. The first kappa shape index (κ1) is 17.6. The molecule has 0 fully saturated rings. The highest BCUT2D eigenvalue weighted by Gasteiger charge is 2.02. The molecule has 0 saturated carbocycles. The maximum atomic E-state index is 11.8. The molecule has 0 radical (unpaired) electrons. The van der Waals surface area contributed by atoms with Crippen LogP contribution in [-0.2, 0) is 11.2 Å². The summed E-state index contributed by atoms with van der Waals surface area (Å²) in [5.41, 5.74) is 4.68. The normalized spacial score (nSPS) is 11.3. The van der Waals surface area contributed by atoms with Crippen LogP contribution in [0.3, 0.4) is 0 Å². The van der Waals surface area contributed by atoms with E-state index < -0.39 is 0 Å². The zero-order chi connectivity index (χ0) is 16.5. The molecule has 0 spiro atoms. The monoisotopic (exact) mass is 346 g/mol. The van der Waals surface area contributed by atoms with E-state index in [1.54, 1.807) is 11.8 Å². The van der Waals surface area contributed by atoms with Crippen LogP contribution in [0, 0.1) is 0 Å². The summed E-state index contributed by atoms with van der Waals surface area (Å²) in [7, 11) is 0. The number of carbonyl (C=O) groups is 1. The Morgan fingerprint density at radius 3 is 2.52 bits per heavy atom. The largest absolute Gasteiger partial charge is 0.273 e. The summed E-state index contributed by atoms with van der Waals surface area (Å²) in [6.45, 7) is 1.91. The summed E-state index contributed by atoms with van der Waals surface area (Å²) in [5.74, 6) is 0.639. The first-order valence-electron chi connectivity index (χ1n) is 7.38. The number of halogens is 1. The molecule has 5 heteroatoms. The highest BCUT2D eigenvalue weighted by Crippen LogP contribution is 2.20. The van der Waals surface area contributed by atoms with Crippen LogP contribution in [0.5, 0.6) is 0 Å². The van der Waals surface area contributed by atoms with E-state index in [0.29, 0.717) is 12.2 Å². The Kier molecular flexibility index (Phi) is 7.17. The number of carbonyl (C=O) groups excluding carboxylic acids is 1. The fourth-order valence-electron chi connectivity index (χ4n) is 1.94. The predicted molar refractivity (Wildman–Crippen MR) is 98.2 cm³/mol. The fraction of sp³-hybridized carbons (Fsp3) is 0.222. The van der Waals surface area contributed by atoms with Crippen molar-refractivity contribution in [3.63, 3.8) is 0 Å². The van der Waals surface area contributed by atoms with Gasteiger partial charge in [0.25, 0.3) is 0 Å². The van der Waals surface area contributed by atoms with Crippen molar-refractivity contribution < 1.29 is 4.79 Å². The molecule has 0 heterocycles. The van der Waals surface area contributed by atoms with E-state index in [4.69, 9.17) is 11.6 Å². The van der Waals surface area contributed by atoms with E-state index in [1.807, 2.05) is 61.5 Å². The fourth-order valence-corrected chi connectivity index (χ4v) is 2.91. The maximum Gasteiger partial charge on any atom is 0.240 e. The van der Waals surface area contributed by atoms with Crippen LogP contribution >= 0.6 is 23.4 Å². The number of hydrogen-bond donors (Lipinski definition) is 1. The molecule has 23 heavy (non-hydrogen) atoms. The van der Waals surface area contributed by atoms with Crippen LogP contribution < -0.4 is 5.43 Å². The molecular weight excluding hydrogens is 328 g/mol. The second kappa shape index (κ2) is 9.38. The van der Waals surface area contributed by atoms with E-state index in [1.165, 1.54) is 5.56 Å². The van der Waals surface area contributed by atoms with Gasteiger partial charge < -0.3 is 0 Å². The van der Waals surface area contributed by atoms with Gasteiger partial charge in [0, 0.05) is 34.2 Å². The van der Waals surface area contributed by atoms with E-state index in [-0.39, 0.29) is 5.91 Å². The number of thioether (sulfide) groups is 1. The van der Waals surface area contributed by atoms with Gasteiger partial charge >= 0.3 is 0 Å². The number of hydrazone groups is 1. The Balaban J connectivity index is 1.70. The van der Waals surface area contributed by atoms with Crippen molar-refractivity contribution in [1.82, 2.24) is 5.43 Å². The molecule has 2 aromatic rings. The Hall–Kier alpha value is -1.78. The van der Waals surface area contributed by atoms with Crippen LogP contribution in [0.1, 0.15) is 18.9 Å². The van der Waals surface area contributed by atoms with E-state index >= 15 is 0 Å². The van der Waals surface area contributed by atoms with Crippen molar-refractivity contribution in [3.8, 4) is 0 Å². The molecule has 2 rings (SSSR count). The van der Waals surface area contributed by atoms with Crippen molar-refractivity contribution >= 4 is 35.0 Å². The molecule has 1 N–H and O–H groups in total. The van der Waals surface area contributed by atoms with Gasteiger partial charge in [-0.1, -0.05) is 41.9 Å². The topological polar surface area (TPSA) is 41.5 Å². The first-order valence-corrected chi connectivity index (χ1v) is 8.74. The smallest absolute Gasteiger partial charge is 0.240 e. The van der Waals surface area contributed by atoms with Gasteiger partial charge in [0.15, 0.2) is 0 Å². The molecule has 120 valence electrons. The van der Waals surface area contributed by atoms with Crippen molar-refractivity contribution in [3.05, 3.63) is 65.2 Å². The summed E-state index contributed by atoms with van der Waals surface area (Å²) in [6, 6.07) is 17.7. The molecule has 0 aliphatic heterocycles. The Labute approximate surface area is 146 Å². The van der Waals surface area contributed by atoms with Crippen molar-refractivity contribution in [1.29, 1.82) is 0 Å². The molecule has 0 bridgehead atoms. The van der Waals surface area contributed by atoms with Crippen molar-refractivity contribution in [2.24, 2.45) is 5.10 Å². The molecule has 0 unspecified atom stereocenters. The van der Waals surface area contributed by atoms with Gasteiger partial charge in [-0.05, 0) is 36.8 Å². The van der Waals surface area contributed by atoms with Gasteiger partial charge in [0.05, 0.1) is 0 Å². The summed E-state index contributed by atoms with van der Waals surface area (Å²) in [5, 5.41) is 4.86. The second-order valence-electron chi connectivity index (χ2n) is 5.10. The lowest BCUT2D eigenvalue weighted by Gasteiger charge is -2.04. The summed E-state index contributed by atoms with van der Waals surface area (Å²) >= 11 is 7.46. The second-order valence-corrected chi connectivity index (χ2v) is 6.70. The number of amides is 1. The number of rotatable bonds is 7. The lowest BCUT2D eigenvalue weighted by atomic mass is 10.1. The van der Waals surface area contributed by atoms with Crippen LogP contribution in [0.15, 0.2) is 64.6 Å². The van der Waals surface area contributed by atoms with E-state index in [0.717, 1.165) is 22.1 Å². The molecule has 0 aliphatic rings. The summed E-state index contributed by atoms with van der Waals surface area (Å²) < 4.78 is 0. The SMILES string of the molecule is C/C(Cc1ccccc1)=N/NC(=O)CCSc1ccc(Cl)cc1. The number of nitrogens with one attached hydrogen (secondary N) is 1. The maximum absolute atomic E-state index is 11.8. The van der Waals surface area contributed by atoms with Gasteiger partial charge in [-0.3, -0.25) is 4.79 Å². The molecule has 0 aromatic heterocycles. The third-order valence-electron chi connectivity index (χ3n) is 3.09. The zero-order valence-electron chi connectivity index (χ0n) is 13.0. The summed E-state index contributed by atoms with van der Waals surface area (Å²) in [4.78, 5) is 12.9. The summed E-state index contributed by atoms with van der Waals surface area (Å²) in [6.07, 6.45) is 1.16. The highest BCUT2D eigenvalue weighted by molar-refractivity contribution is 7.99. The van der Waals surface area contributed by atoms with Gasteiger partial charge in [-0.25, -0.2) is 5.43 Å². The Morgan fingerprint density at radius 1 is 1.13 bits per heavy atom. The highest BCUT2D eigenvalue weighted by atomic mass is 35.5. The predicted octanol–water partition coefficient (Wildman–Crippen LogP) is 4.56. The van der Waals surface area contributed by atoms with Crippen molar-refractivity contribution in [2.45, 2.75) is 24.7 Å². The van der Waals surface area contributed by atoms with Crippen LogP contribution in [-0.4, -0.2) is 17.4 Å². The molecule has 0 saturated heterocycles. The number of nitrogens with zero attached hydrogens (tertiary/aromatic N) is 1. The Bertz CT molecular complexity index is 656. The quantitative estimate of drug-likeness (QED) is 0.453. The lowest BCUT2D eigenvalue weighted by Crippen LogP contribution is -2.19. The van der Waals surface area contributed by atoms with Crippen LogP contribution in [0.2, 0.25) is 5.02 Å². The average Bonchev–Trinajstić information content (AvgIpc) is 2.56. The Morgan fingerprint density at radius 2 is 1.83 bits per heavy atom. The van der Waals surface area contributed by atoms with Crippen molar-refractivity contribution in [2.75, 3.05) is 5.75 Å². The van der Waals surface area contributed by atoms with Gasteiger partial charge in [0.2, 0.25) is 5.91 Å². The average molecular weight is 347 g/mol. The molecule has 0 aliphatic carbocycles. The van der Waals surface area contributed by atoms with Crippen LogP contribution in [0.25, 0.3) is 0 Å². The van der Waals surface area contributed by atoms with Crippen LogP contribution in [0.4, 0.5) is 0 Å². The third-order valence-corrected chi connectivity index (χ3v) is 4.35. The number of hydrogen-bond acceptors (Lipinski definition) is 3.